The van der Waals surface area contributed by atoms with Crippen LogP contribution in [0.1, 0.15) is 44.6 Å². The number of aromatic nitrogens is 1. The third kappa shape index (κ3) is 2.11. The van der Waals surface area contributed by atoms with Gasteiger partial charge in [0.2, 0.25) is 0 Å². The normalized spacial score (nSPS) is 50.1. The monoisotopic (exact) mass is 459 g/mol. The highest BCUT2D eigenvalue weighted by atomic mass is 16.6. The average molecular weight is 460 g/mol. The summed E-state index contributed by atoms with van der Waals surface area (Å²) in [5.74, 6) is -0.0447. The molecule has 0 amide bonds. The first kappa shape index (κ1) is 20.1. The number of pyridine rings is 1. The Hall–Kier alpha value is -2.09. The maximum atomic E-state index is 12.3. The van der Waals surface area contributed by atoms with Gasteiger partial charge in [0.05, 0.1) is 23.4 Å². The van der Waals surface area contributed by atoms with Crippen LogP contribution >= 0.6 is 0 Å². The van der Waals surface area contributed by atoms with Gasteiger partial charge in [0.1, 0.15) is 17.8 Å². The van der Waals surface area contributed by atoms with E-state index >= 15 is 0 Å². The molecule has 2 spiro atoms. The van der Waals surface area contributed by atoms with Crippen molar-refractivity contribution in [2.24, 2.45) is 11.3 Å². The molecule has 2 bridgehead atoms. The summed E-state index contributed by atoms with van der Waals surface area (Å²) in [7, 11) is 0. The molecule has 4 fully saturated rings. The number of benzene rings is 1. The number of allylic oxidation sites excluding steroid dienone is 1. The van der Waals surface area contributed by atoms with Crippen molar-refractivity contribution in [2.75, 3.05) is 0 Å². The van der Waals surface area contributed by atoms with E-state index < -0.39 is 34.4 Å². The molecule has 2 aromatic rings. The molecule has 9 atom stereocenters. The number of aliphatic hydroxyl groups excluding tert-OH is 2. The van der Waals surface area contributed by atoms with Gasteiger partial charge in [-0.3, -0.25) is 4.98 Å². The van der Waals surface area contributed by atoms with E-state index in [1.54, 1.807) is 12.4 Å². The van der Waals surface area contributed by atoms with E-state index in [2.05, 4.69) is 24.1 Å². The zero-order chi connectivity index (χ0) is 23.1. The zero-order valence-electron chi connectivity index (χ0n) is 19.1. The Balaban J connectivity index is 1.27. The standard InChI is InChI=1S/C28H29NO5/c1-25-6-4-17-11-19-23-24(33-23)20(30)13-26(19)7-8-27(17,34-26)21(25)12-22(31)28(25,32)18-3-2-15-5-9-29-14-16(15)10-18/h2-5,9-11,14,20-24,30-32H,6-8,12-13H2,1H3/t20-,21+,22+,23+,24?,25-,26+,27?,28+/m0/s1. The molecular weight excluding hydrogens is 430 g/mol. The summed E-state index contributed by atoms with van der Waals surface area (Å²) in [5, 5.41) is 36.5. The fourth-order valence-corrected chi connectivity index (χ4v) is 8.54. The first-order valence-corrected chi connectivity index (χ1v) is 12.5. The highest BCUT2D eigenvalue weighted by molar-refractivity contribution is 5.82. The van der Waals surface area contributed by atoms with Gasteiger partial charge in [-0.2, -0.15) is 0 Å². The van der Waals surface area contributed by atoms with Crippen molar-refractivity contribution in [3.05, 3.63) is 65.5 Å². The molecule has 3 N–H and O–H groups in total. The first-order valence-electron chi connectivity index (χ1n) is 12.5. The summed E-state index contributed by atoms with van der Waals surface area (Å²) in [4.78, 5) is 4.25. The molecule has 2 saturated heterocycles. The van der Waals surface area contributed by atoms with Crippen LogP contribution in [0, 0.1) is 11.3 Å². The quantitative estimate of drug-likeness (QED) is 0.568. The summed E-state index contributed by atoms with van der Waals surface area (Å²) in [6.45, 7) is 2.12. The zero-order valence-corrected chi connectivity index (χ0v) is 19.1. The lowest BCUT2D eigenvalue weighted by Gasteiger charge is -2.55. The molecular formula is C28H29NO5. The lowest BCUT2D eigenvalue weighted by atomic mass is 9.56. The van der Waals surface area contributed by atoms with Crippen molar-refractivity contribution in [1.29, 1.82) is 0 Å². The molecule has 176 valence electrons. The number of aliphatic hydroxyl groups is 3. The van der Waals surface area contributed by atoms with Crippen molar-refractivity contribution in [1.82, 2.24) is 4.98 Å². The maximum absolute atomic E-state index is 12.3. The Morgan fingerprint density at radius 3 is 2.88 bits per heavy atom. The fraction of sp³-hybridized carbons (Fsp3) is 0.536. The van der Waals surface area contributed by atoms with Crippen LogP contribution in [-0.4, -0.2) is 55.9 Å². The highest BCUT2D eigenvalue weighted by Crippen LogP contribution is 2.71. The lowest BCUT2D eigenvalue weighted by molar-refractivity contribution is -0.176. The number of nitrogens with zero attached hydrogens (tertiary/aromatic N) is 1. The van der Waals surface area contributed by atoms with Crippen molar-refractivity contribution in [3.63, 3.8) is 0 Å². The molecule has 2 unspecified atom stereocenters. The van der Waals surface area contributed by atoms with Gasteiger partial charge in [0.25, 0.3) is 0 Å². The number of epoxide rings is 1. The molecule has 2 saturated carbocycles. The van der Waals surface area contributed by atoms with Crippen LogP contribution in [0.3, 0.4) is 0 Å². The Bertz CT molecular complexity index is 1320. The van der Waals surface area contributed by atoms with Gasteiger partial charge in [-0.15, -0.1) is 0 Å². The molecule has 34 heavy (non-hydrogen) atoms. The van der Waals surface area contributed by atoms with Gasteiger partial charge < -0.3 is 24.8 Å². The van der Waals surface area contributed by atoms with Gasteiger partial charge >= 0.3 is 0 Å². The van der Waals surface area contributed by atoms with Crippen molar-refractivity contribution in [2.45, 2.75) is 80.2 Å². The second-order valence-electron chi connectivity index (χ2n) is 11.7. The predicted molar refractivity (Wildman–Crippen MR) is 124 cm³/mol. The first-order chi connectivity index (χ1) is 16.3. The largest absolute Gasteiger partial charge is 0.390 e. The Morgan fingerprint density at radius 1 is 1.12 bits per heavy atom. The summed E-state index contributed by atoms with van der Waals surface area (Å²) >= 11 is 0. The number of hydrogen-bond donors (Lipinski definition) is 3. The van der Waals surface area contributed by atoms with Gasteiger partial charge in [-0.1, -0.05) is 31.2 Å². The molecule has 4 heterocycles. The minimum atomic E-state index is -1.40. The van der Waals surface area contributed by atoms with E-state index in [9.17, 15) is 15.3 Å². The van der Waals surface area contributed by atoms with Gasteiger partial charge in [0, 0.05) is 35.5 Å². The van der Waals surface area contributed by atoms with E-state index in [4.69, 9.17) is 9.47 Å². The Labute approximate surface area is 197 Å². The summed E-state index contributed by atoms with van der Waals surface area (Å²) < 4.78 is 12.9. The number of fused-ring (bicyclic) bond motifs is 4. The molecule has 8 rings (SSSR count). The third-order valence-electron chi connectivity index (χ3n) is 10.3. The van der Waals surface area contributed by atoms with Crippen LogP contribution in [0.5, 0.6) is 0 Å². The van der Waals surface area contributed by atoms with E-state index in [-0.39, 0.29) is 18.1 Å². The van der Waals surface area contributed by atoms with E-state index in [0.29, 0.717) is 19.3 Å². The van der Waals surface area contributed by atoms with E-state index in [1.807, 2.05) is 24.3 Å². The molecule has 6 nitrogen and oxygen atoms in total. The maximum Gasteiger partial charge on any atom is 0.121 e. The smallest absolute Gasteiger partial charge is 0.121 e. The van der Waals surface area contributed by atoms with Crippen molar-refractivity contribution >= 4 is 10.8 Å². The lowest BCUT2D eigenvalue weighted by Crippen LogP contribution is -2.58. The van der Waals surface area contributed by atoms with Gasteiger partial charge in [-0.25, -0.2) is 0 Å². The van der Waals surface area contributed by atoms with Crippen molar-refractivity contribution < 1.29 is 24.8 Å². The second-order valence-corrected chi connectivity index (χ2v) is 11.7. The average Bonchev–Trinajstić information content (AvgIpc) is 3.54. The molecule has 6 heteroatoms. The molecule has 1 aromatic heterocycles. The van der Waals surface area contributed by atoms with Crippen LogP contribution < -0.4 is 0 Å². The molecule has 1 aromatic carbocycles. The van der Waals surface area contributed by atoms with Gasteiger partial charge in [-0.05, 0) is 59.9 Å². The second kappa shape index (κ2) is 6.00. The van der Waals surface area contributed by atoms with Crippen LogP contribution in [0.15, 0.2) is 60.0 Å². The van der Waals surface area contributed by atoms with Gasteiger partial charge in [0.15, 0.2) is 0 Å². The Morgan fingerprint density at radius 2 is 2.00 bits per heavy atom. The molecule has 0 radical (unpaired) electrons. The Kier molecular flexibility index (Phi) is 3.55. The number of ether oxygens (including phenoxy) is 2. The SMILES string of the molecule is C[C@]12CC=C3C=C4[C@H]5OC5[C@@H](O)C[C@]45CCC3(O5)[C@@H]1C[C@@H](O)[C@]2(O)c1ccc2ccncc2c1. The minimum absolute atomic E-state index is 0.0358. The summed E-state index contributed by atoms with van der Waals surface area (Å²) in [6, 6.07) is 7.89. The van der Waals surface area contributed by atoms with Crippen LogP contribution in [0.2, 0.25) is 0 Å². The van der Waals surface area contributed by atoms with E-state index in [1.165, 1.54) is 11.1 Å². The topological polar surface area (TPSA) is 95.3 Å². The summed E-state index contributed by atoms with van der Waals surface area (Å²) in [6.07, 6.45) is 9.89. The highest BCUT2D eigenvalue weighted by Gasteiger charge is 2.74. The fourth-order valence-electron chi connectivity index (χ4n) is 8.54. The number of hydrogen-bond acceptors (Lipinski definition) is 6. The molecule has 3 aliphatic heterocycles. The number of rotatable bonds is 1. The predicted octanol–water partition coefficient (Wildman–Crippen LogP) is 2.90. The molecule has 6 aliphatic rings. The van der Waals surface area contributed by atoms with Crippen LogP contribution in [0.4, 0.5) is 0 Å². The van der Waals surface area contributed by atoms with E-state index in [0.717, 1.165) is 29.2 Å². The van der Waals surface area contributed by atoms with Crippen LogP contribution in [-0.2, 0) is 15.1 Å². The third-order valence-corrected chi connectivity index (χ3v) is 10.3. The minimum Gasteiger partial charge on any atom is -0.390 e. The molecule has 3 aliphatic carbocycles. The summed E-state index contributed by atoms with van der Waals surface area (Å²) in [5.41, 5.74) is 0.0344. The van der Waals surface area contributed by atoms with Crippen LogP contribution in [0.25, 0.3) is 10.8 Å². The van der Waals surface area contributed by atoms with Crippen molar-refractivity contribution in [3.8, 4) is 0 Å².